The molecule has 15 heavy (non-hydrogen) atoms. The van der Waals surface area contributed by atoms with Gasteiger partial charge in [0, 0.05) is 25.7 Å². The highest BCUT2D eigenvalue weighted by Crippen LogP contribution is 2.17. The average molecular weight is 207 g/mol. The summed E-state index contributed by atoms with van der Waals surface area (Å²) in [6, 6.07) is 1.82. The maximum absolute atomic E-state index is 5.51. The van der Waals surface area contributed by atoms with Crippen LogP contribution in [0.25, 0.3) is 11.6 Å². The van der Waals surface area contributed by atoms with Gasteiger partial charge in [-0.1, -0.05) is 12.1 Å². The van der Waals surface area contributed by atoms with Crippen LogP contribution in [0.1, 0.15) is 18.7 Å². The Kier molecular flexibility index (Phi) is 2.51. The number of nitrogens with zero attached hydrogens (tertiary/aromatic N) is 4. The topological polar surface area (TPSA) is 82.8 Å². The highest BCUT2D eigenvalue weighted by atomic mass is 16.5. The van der Waals surface area contributed by atoms with Crippen molar-refractivity contribution in [1.29, 1.82) is 0 Å². The van der Waals surface area contributed by atoms with Gasteiger partial charge >= 0.3 is 0 Å². The molecular formula is C9H13N5O. The molecule has 2 heterocycles. The summed E-state index contributed by atoms with van der Waals surface area (Å²) in [6.45, 7) is 2.45. The fourth-order valence-corrected chi connectivity index (χ4v) is 1.17. The highest BCUT2D eigenvalue weighted by molar-refractivity contribution is 5.44. The zero-order valence-electron chi connectivity index (χ0n) is 8.71. The maximum Gasteiger partial charge on any atom is 0.278 e. The Morgan fingerprint density at radius 1 is 1.60 bits per heavy atom. The Labute approximate surface area is 87.1 Å². The fourth-order valence-electron chi connectivity index (χ4n) is 1.17. The van der Waals surface area contributed by atoms with Crippen molar-refractivity contribution in [3.05, 3.63) is 18.1 Å². The van der Waals surface area contributed by atoms with E-state index >= 15 is 0 Å². The predicted molar refractivity (Wildman–Crippen MR) is 54.0 cm³/mol. The first kappa shape index (κ1) is 9.85. The van der Waals surface area contributed by atoms with Gasteiger partial charge in [0.05, 0.1) is 0 Å². The largest absolute Gasteiger partial charge is 0.332 e. The Hall–Kier alpha value is -1.69. The summed E-state index contributed by atoms with van der Waals surface area (Å²) >= 11 is 0. The van der Waals surface area contributed by atoms with Crippen LogP contribution < -0.4 is 5.73 Å². The molecule has 0 aliphatic rings. The van der Waals surface area contributed by atoms with E-state index in [1.807, 2.05) is 26.2 Å². The lowest BCUT2D eigenvalue weighted by atomic mass is 10.2. The molecule has 0 radical (unpaired) electrons. The third kappa shape index (κ3) is 1.89. The van der Waals surface area contributed by atoms with Crippen molar-refractivity contribution in [2.75, 3.05) is 6.54 Å². The smallest absolute Gasteiger partial charge is 0.278 e. The van der Waals surface area contributed by atoms with Crippen LogP contribution >= 0.6 is 0 Å². The maximum atomic E-state index is 5.51. The molecule has 1 atom stereocenters. The van der Waals surface area contributed by atoms with Gasteiger partial charge < -0.3 is 10.3 Å². The van der Waals surface area contributed by atoms with Crippen molar-refractivity contribution in [2.24, 2.45) is 12.8 Å². The summed E-state index contributed by atoms with van der Waals surface area (Å²) < 4.78 is 6.78. The second-order valence-corrected chi connectivity index (χ2v) is 3.47. The van der Waals surface area contributed by atoms with Gasteiger partial charge in [0.15, 0.2) is 11.5 Å². The van der Waals surface area contributed by atoms with Gasteiger partial charge in [0.1, 0.15) is 0 Å². The number of nitrogens with two attached hydrogens (primary N) is 1. The Morgan fingerprint density at radius 3 is 3.00 bits per heavy atom. The van der Waals surface area contributed by atoms with Gasteiger partial charge in [-0.05, 0) is 6.07 Å². The molecule has 0 saturated carbocycles. The number of aryl methyl sites for hydroxylation is 1. The number of aromatic nitrogens is 4. The highest BCUT2D eigenvalue weighted by Gasteiger charge is 2.14. The summed E-state index contributed by atoms with van der Waals surface area (Å²) in [4.78, 5) is 4.23. The van der Waals surface area contributed by atoms with Crippen LogP contribution in [0.3, 0.4) is 0 Å². The van der Waals surface area contributed by atoms with Crippen molar-refractivity contribution in [2.45, 2.75) is 12.8 Å². The lowest BCUT2D eigenvalue weighted by Gasteiger charge is -1.98. The molecule has 0 saturated heterocycles. The predicted octanol–water partition coefficient (Wildman–Crippen LogP) is 0.532. The summed E-state index contributed by atoms with van der Waals surface area (Å²) in [5, 5.41) is 8.03. The summed E-state index contributed by atoms with van der Waals surface area (Å²) in [6.07, 6.45) is 1.82. The summed E-state index contributed by atoms with van der Waals surface area (Å²) in [7, 11) is 1.84. The summed E-state index contributed by atoms with van der Waals surface area (Å²) in [5.74, 6) is 1.16. The first-order valence-corrected chi connectivity index (χ1v) is 4.74. The second kappa shape index (κ2) is 3.82. The molecule has 1 unspecified atom stereocenters. The van der Waals surface area contributed by atoms with E-state index in [0.29, 0.717) is 24.0 Å². The normalized spacial score (nSPS) is 13.0. The zero-order chi connectivity index (χ0) is 10.8. The van der Waals surface area contributed by atoms with Gasteiger partial charge in [-0.3, -0.25) is 4.68 Å². The standard InChI is InChI=1S/C9H13N5O/c1-6(5-10)8-11-9(15-13-8)7-3-4-14(2)12-7/h3-4,6H,5,10H2,1-2H3. The second-order valence-electron chi connectivity index (χ2n) is 3.47. The molecule has 0 bridgehead atoms. The Bertz CT molecular complexity index is 447. The molecule has 0 aliphatic carbocycles. The van der Waals surface area contributed by atoms with E-state index in [1.54, 1.807) is 4.68 Å². The molecule has 0 fully saturated rings. The number of hydrogen-bond donors (Lipinski definition) is 1. The van der Waals surface area contributed by atoms with Gasteiger partial charge in [0.25, 0.3) is 5.89 Å². The molecule has 80 valence electrons. The molecule has 2 aromatic heterocycles. The van der Waals surface area contributed by atoms with Gasteiger partial charge in [-0.15, -0.1) is 0 Å². The molecule has 0 amide bonds. The van der Waals surface area contributed by atoms with Gasteiger partial charge in [-0.2, -0.15) is 10.1 Å². The van der Waals surface area contributed by atoms with Crippen molar-refractivity contribution < 1.29 is 4.52 Å². The monoisotopic (exact) mass is 207 g/mol. The zero-order valence-corrected chi connectivity index (χ0v) is 8.71. The van der Waals surface area contributed by atoms with Gasteiger partial charge in [-0.25, -0.2) is 0 Å². The molecule has 2 rings (SSSR count). The molecule has 2 N–H and O–H groups in total. The van der Waals surface area contributed by atoms with E-state index in [2.05, 4.69) is 15.2 Å². The minimum Gasteiger partial charge on any atom is -0.332 e. The average Bonchev–Trinajstić information content (AvgIpc) is 2.84. The first-order valence-electron chi connectivity index (χ1n) is 4.74. The van der Waals surface area contributed by atoms with E-state index < -0.39 is 0 Å². The molecule has 6 nitrogen and oxygen atoms in total. The Morgan fingerprint density at radius 2 is 2.40 bits per heavy atom. The minimum absolute atomic E-state index is 0.103. The van der Waals surface area contributed by atoms with E-state index in [4.69, 9.17) is 10.3 Å². The van der Waals surface area contributed by atoms with Crippen molar-refractivity contribution in [3.63, 3.8) is 0 Å². The van der Waals surface area contributed by atoms with Crippen molar-refractivity contribution >= 4 is 0 Å². The molecule has 0 aromatic carbocycles. The molecule has 0 spiro atoms. The molecule has 6 heteroatoms. The van der Waals surface area contributed by atoms with E-state index in [-0.39, 0.29) is 5.92 Å². The Balaban J connectivity index is 2.27. The van der Waals surface area contributed by atoms with Crippen molar-refractivity contribution in [1.82, 2.24) is 19.9 Å². The number of hydrogen-bond acceptors (Lipinski definition) is 5. The fraction of sp³-hybridized carbons (Fsp3) is 0.444. The molecule has 0 aliphatic heterocycles. The summed E-state index contributed by atoms with van der Waals surface area (Å²) in [5.41, 5.74) is 6.20. The van der Waals surface area contributed by atoms with E-state index in [1.165, 1.54) is 0 Å². The number of rotatable bonds is 3. The van der Waals surface area contributed by atoms with Crippen LogP contribution in [0.15, 0.2) is 16.8 Å². The van der Waals surface area contributed by atoms with Crippen molar-refractivity contribution in [3.8, 4) is 11.6 Å². The van der Waals surface area contributed by atoms with Crippen LogP contribution in [0.2, 0.25) is 0 Å². The minimum atomic E-state index is 0.103. The van der Waals surface area contributed by atoms with E-state index in [0.717, 1.165) is 0 Å². The molecular weight excluding hydrogens is 194 g/mol. The molecule has 2 aromatic rings. The van der Waals surface area contributed by atoms with E-state index in [9.17, 15) is 0 Å². The van der Waals surface area contributed by atoms with Crippen LogP contribution in [0, 0.1) is 0 Å². The van der Waals surface area contributed by atoms with Crippen LogP contribution in [-0.2, 0) is 7.05 Å². The third-order valence-corrected chi connectivity index (χ3v) is 2.17. The van der Waals surface area contributed by atoms with Crippen LogP contribution in [0.5, 0.6) is 0 Å². The lowest BCUT2D eigenvalue weighted by Crippen LogP contribution is -2.10. The quantitative estimate of drug-likeness (QED) is 0.793. The van der Waals surface area contributed by atoms with Crippen LogP contribution in [0.4, 0.5) is 0 Å². The lowest BCUT2D eigenvalue weighted by molar-refractivity contribution is 0.416. The van der Waals surface area contributed by atoms with Gasteiger partial charge in [0.2, 0.25) is 0 Å². The third-order valence-electron chi connectivity index (χ3n) is 2.17. The SMILES string of the molecule is CC(CN)c1noc(-c2ccn(C)n2)n1. The first-order chi connectivity index (χ1) is 7.20. The van der Waals surface area contributed by atoms with Crippen LogP contribution in [-0.4, -0.2) is 26.5 Å².